The van der Waals surface area contributed by atoms with Crippen LogP contribution in [0.4, 0.5) is 10.1 Å². The van der Waals surface area contributed by atoms with Crippen molar-refractivity contribution < 1.29 is 9.18 Å². The Bertz CT molecular complexity index is 824. The molecule has 0 unspecified atom stereocenters. The number of anilines is 1. The van der Waals surface area contributed by atoms with Crippen LogP contribution in [0, 0.1) is 12.7 Å². The summed E-state index contributed by atoms with van der Waals surface area (Å²) in [7, 11) is 0. The van der Waals surface area contributed by atoms with E-state index in [1.54, 1.807) is 11.0 Å². The highest BCUT2D eigenvalue weighted by atomic mass is 19.1. The first-order chi connectivity index (χ1) is 10.6. The lowest BCUT2D eigenvalue weighted by molar-refractivity contribution is 0.0984. The molecule has 0 aliphatic rings. The van der Waals surface area contributed by atoms with Gasteiger partial charge in [-0.1, -0.05) is 18.2 Å². The molecule has 4 heteroatoms. The number of aromatic nitrogens is 1. The minimum absolute atomic E-state index is 0.109. The second-order valence-electron chi connectivity index (χ2n) is 5.20. The van der Waals surface area contributed by atoms with Crippen molar-refractivity contribution in [1.82, 2.24) is 4.98 Å². The number of aromatic amines is 1. The van der Waals surface area contributed by atoms with Gasteiger partial charge in [-0.15, -0.1) is 0 Å². The van der Waals surface area contributed by atoms with Gasteiger partial charge in [-0.05, 0) is 49.7 Å². The van der Waals surface area contributed by atoms with E-state index >= 15 is 0 Å². The number of carbonyl (C=O) groups excluding carboxylic acids is 1. The number of halogens is 1. The van der Waals surface area contributed by atoms with Gasteiger partial charge in [0.25, 0.3) is 5.91 Å². The molecular formula is C18H17FN2O. The van der Waals surface area contributed by atoms with Gasteiger partial charge in [0.2, 0.25) is 0 Å². The first kappa shape index (κ1) is 14.3. The average Bonchev–Trinajstić information content (AvgIpc) is 2.86. The highest BCUT2D eigenvalue weighted by molar-refractivity contribution is 6.09. The van der Waals surface area contributed by atoms with E-state index in [4.69, 9.17) is 0 Å². The quantitative estimate of drug-likeness (QED) is 0.769. The molecule has 3 nitrogen and oxygen atoms in total. The SMILES string of the molecule is CCN(C(=O)c1[nH]c2ccc(F)cc2c1C)c1ccccc1. The molecule has 0 aliphatic heterocycles. The lowest BCUT2D eigenvalue weighted by Gasteiger charge is -2.20. The first-order valence-electron chi connectivity index (χ1n) is 7.26. The minimum Gasteiger partial charge on any atom is -0.350 e. The van der Waals surface area contributed by atoms with Crippen LogP contribution in [0.1, 0.15) is 23.0 Å². The Kier molecular flexibility index (Phi) is 3.67. The van der Waals surface area contributed by atoms with E-state index in [1.807, 2.05) is 44.2 Å². The van der Waals surface area contributed by atoms with Crippen molar-refractivity contribution in [3.8, 4) is 0 Å². The van der Waals surface area contributed by atoms with Crippen LogP contribution in [-0.2, 0) is 0 Å². The second-order valence-corrected chi connectivity index (χ2v) is 5.20. The summed E-state index contributed by atoms with van der Waals surface area (Å²) in [6.45, 7) is 4.33. The van der Waals surface area contributed by atoms with Gasteiger partial charge < -0.3 is 9.88 Å². The number of hydrogen-bond donors (Lipinski definition) is 1. The topological polar surface area (TPSA) is 36.1 Å². The first-order valence-corrected chi connectivity index (χ1v) is 7.26. The van der Waals surface area contributed by atoms with Crippen molar-refractivity contribution >= 4 is 22.5 Å². The molecule has 112 valence electrons. The molecule has 1 heterocycles. The van der Waals surface area contributed by atoms with Gasteiger partial charge in [-0.2, -0.15) is 0 Å². The smallest absolute Gasteiger partial charge is 0.274 e. The third-order valence-corrected chi connectivity index (χ3v) is 3.86. The number of carbonyl (C=O) groups is 1. The van der Waals surface area contributed by atoms with Crippen LogP contribution in [0.3, 0.4) is 0 Å². The monoisotopic (exact) mass is 296 g/mol. The fraction of sp³-hybridized carbons (Fsp3) is 0.167. The van der Waals surface area contributed by atoms with Gasteiger partial charge in [-0.3, -0.25) is 4.79 Å². The fourth-order valence-electron chi connectivity index (χ4n) is 2.70. The largest absolute Gasteiger partial charge is 0.350 e. The predicted molar refractivity (Wildman–Crippen MR) is 86.8 cm³/mol. The number of H-pyrrole nitrogens is 1. The van der Waals surface area contributed by atoms with Crippen molar-refractivity contribution in [3.63, 3.8) is 0 Å². The molecular weight excluding hydrogens is 279 g/mol. The van der Waals surface area contributed by atoms with Crippen molar-refractivity contribution in [2.24, 2.45) is 0 Å². The number of para-hydroxylation sites is 1. The fourth-order valence-corrected chi connectivity index (χ4v) is 2.70. The number of amides is 1. The molecule has 1 aromatic heterocycles. The summed E-state index contributed by atoms with van der Waals surface area (Å²) >= 11 is 0. The van der Waals surface area contributed by atoms with E-state index in [0.29, 0.717) is 12.2 Å². The van der Waals surface area contributed by atoms with Crippen LogP contribution < -0.4 is 4.90 Å². The number of aryl methyl sites for hydroxylation is 1. The molecule has 0 saturated carbocycles. The molecule has 0 radical (unpaired) electrons. The Morgan fingerprint density at radius 2 is 1.91 bits per heavy atom. The normalized spacial score (nSPS) is 10.9. The summed E-state index contributed by atoms with van der Waals surface area (Å²) < 4.78 is 13.4. The Labute approximate surface area is 128 Å². The van der Waals surface area contributed by atoms with E-state index in [-0.39, 0.29) is 11.7 Å². The van der Waals surface area contributed by atoms with Crippen LogP contribution in [0.15, 0.2) is 48.5 Å². The van der Waals surface area contributed by atoms with Crippen molar-refractivity contribution in [2.45, 2.75) is 13.8 Å². The maximum Gasteiger partial charge on any atom is 0.274 e. The number of hydrogen-bond acceptors (Lipinski definition) is 1. The molecule has 0 aliphatic carbocycles. The molecule has 0 atom stereocenters. The van der Waals surface area contributed by atoms with Gasteiger partial charge in [0.15, 0.2) is 0 Å². The third kappa shape index (κ3) is 2.37. The van der Waals surface area contributed by atoms with E-state index in [0.717, 1.165) is 22.2 Å². The highest BCUT2D eigenvalue weighted by Crippen LogP contribution is 2.25. The number of rotatable bonds is 3. The van der Waals surface area contributed by atoms with Crippen LogP contribution in [-0.4, -0.2) is 17.4 Å². The molecule has 0 bridgehead atoms. The van der Waals surface area contributed by atoms with E-state index in [2.05, 4.69) is 4.98 Å². The molecule has 1 N–H and O–H groups in total. The molecule has 0 spiro atoms. The Balaban J connectivity index is 2.06. The van der Waals surface area contributed by atoms with Gasteiger partial charge in [0.1, 0.15) is 11.5 Å². The van der Waals surface area contributed by atoms with E-state index in [1.165, 1.54) is 12.1 Å². The van der Waals surface area contributed by atoms with Gasteiger partial charge >= 0.3 is 0 Å². The highest BCUT2D eigenvalue weighted by Gasteiger charge is 2.21. The van der Waals surface area contributed by atoms with Crippen molar-refractivity contribution in [1.29, 1.82) is 0 Å². The standard InChI is InChI=1S/C18H17FN2O/c1-3-21(14-7-5-4-6-8-14)18(22)17-12(2)15-11-13(19)9-10-16(15)20-17/h4-11,20H,3H2,1-2H3. The molecule has 3 aromatic rings. The maximum atomic E-state index is 13.4. The predicted octanol–water partition coefficient (Wildman–Crippen LogP) is 4.28. The Morgan fingerprint density at radius 3 is 2.59 bits per heavy atom. The van der Waals surface area contributed by atoms with Crippen LogP contribution >= 0.6 is 0 Å². The lowest BCUT2D eigenvalue weighted by Crippen LogP contribution is -2.31. The zero-order valence-corrected chi connectivity index (χ0v) is 12.6. The van der Waals surface area contributed by atoms with Crippen molar-refractivity contribution in [2.75, 3.05) is 11.4 Å². The van der Waals surface area contributed by atoms with Crippen LogP contribution in [0.2, 0.25) is 0 Å². The molecule has 22 heavy (non-hydrogen) atoms. The van der Waals surface area contributed by atoms with E-state index < -0.39 is 0 Å². The number of fused-ring (bicyclic) bond motifs is 1. The summed E-state index contributed by atoms with van der Waals surface area (Å²) in [6.07, 6.45) is 0. The van der Waals surface area contributed by atoms with Gasteiger partial charge in [0.05, 0.1) is 0 Å². The zero-order valence-electron chi connectivity index (χ0n) is 12.6. The third-order valence-electron chi connectivity index (χ3n) is 3.86. The molecule has 3 rings (SSSR count). The summed E-state index contributed by atoms with van der Waals surface area (Å²) in [5.74, 6) is -0.410. The molecule has 0 saturated heterocycles. The van der Waals surface area contributed by atoms with Crippen LogP contribution in [0.5, 0.6) is 0 Å². The molecule has 1 amide bonds. The molecule has 0 fully saturated rings. The Hall–Kier alpha value is -2.62. The molecule has 2 aromatic carbocycles. The maximum absolute atomic E-state index is 13.4. The zero-order chi connectivity index (χ0) is 15.7. The second kappa shape index (κ2) is 5.64. The summed E-state index contributed by atoms with van der Waals surface area (Å²) in [5.41, 5.74) is 2.89. The average molecular weight is 296 g/mol. The number of nitrogens with zero attached hydrogens (tertiary/aromatic N) is 1. The van der Waals surface area contributed by atoms with Crippen molar-refractivity contribution in [3.05, 3.63) is 65.6 Å². The summed E-state index contributed by atoms with van der Waals surface area (Å²) in [4.78, 5) is 17.7. The van der Waals surface area contributed by atoms with Gasteiger partial charge in [0, 0.05) is 23.1 Å². The van der Waals surface area contributed by atoms with E-state index in [9.17, 15) is 9.18 Å². The number of benzene rings is 2. The number of nitrogens with one attached hydrogen (secondary N) is 1. The van der Waals surface area contributed by atoms with Gasteiger partial charge in [-0.25, -0.2) is 4.39 Å². The summed E-state index contributed by atoms with van der Waals surface area (Å²) in [5, 5.41) is 0.743. The summed E-state index contributed by atoms with van der Waals surface area (Å²) in [6, 6.07) is 14.0. The van der Waals surface area contributed by atoms with Crippen LogP contribution in [0.25, 0.3) is 10.9 Å². The minimum atomic E-state index is -0.302. The Morgan fingerprint density at radius 1 is 1.18 bits per heavy atom. The lowest BCUT2D eigenvalue weighted by atomic mass is 10.1.